The van der Waals surface area contributed by atoms with Gasteiger partial charge in [-0.2, -0.15) is 0 Å². The molecule has 0 aliphatic heterocycles. The Morgan fingerprint density at radius 2 is 0.355 bits per heavy atom. The number of nitrogens with zero attached hydrogens (tertiary/aromatic N) is 6. The fourth-order valence-electron chi connectivity index (χ4n) is 22.9. The Balaban J connectivity index is 0.000000108. The van der Waals surface area contributed by atoms with E-state index in [1.807, 2.05) is 0 Å². The third kappa shape index (κ3) is 13.7. The zero-order chi connectivity index (χ0) is 93.0. The minimum Gasteiger partial charge on any atom is -0.309 e. The van der Waals surface area contributed by atoms with E-state index in [4.69, 9.17) is 0 Å². The summed E-state index contributed by atoms with van der Waals surface area (Å²) in [7, 11) is -2.74. The Labute approximate surface area is 816 Å². The first-order chi connectivity index (χ1) is 70.0. The van der Waals surface area contributed by atoms with Crippen molar-refractivity contribution in [2.75, 3.05) is 0 Å². The van der Waals surface area contributed by atoms with E-state index < -0.39 is 8.07 Å². The van der Waals surface area contributed by atoms with Gasteiger partial charge in [0.05, 0.1) is 71.9 Å². The summed E-state index contributed by atoms with van der Waals surface area (Å²) in [4.78, 5) is 0. The molecular weight excluding hydrogens is 1720 g/mol. The lowest BCUT2D eigenvalue weighted by molar-refractivity contribution is 1.18. The maximum absolute atomic E-state index is 2.74. The van der Waals surface area contributed by atoms with Crippen LogP contribution in [0.15, 0.2) is 546 Å². The monoisotopic (exact) mass is 1810 g/mol. The van der Waals surface area contributed by atoms with Crippen LogP contribution in [0.4, 0.5) is 0 Å². The second-order valence-electron chi connectivity index (χ2n) is 36.9. The molecule has 0 radical (unpaired) electrons. The SMILES string of the molecule is c1ccc(-n2c3ccc(-c4ccc(-n5c6ccccc6c6ccccc65)cc4)cc3c3cc([Si](c4ccccc4)(c4ccccc4)c4ccccc4)ccc32)cc1.c1ccc2c(-n3c4ccccc4c4cc(-c5ccc(-n6c7ccccc7c7ccccc76)cc5)ccc43)cccc2c1.c1ccc2cc(-n3c4ccccc4c4cc(-c5ccc(-n6c7ccccc7c7ccccc76)cc5)ccc43)ccc2c1. The van der Waals surface area contributed by atoms with Crippen LogP contribution in [0, 0.1) is 0 Å². The quantitative estimate of drug-likeness (QED) is 0.0813. The summed E-state index contributed by atoms with van der Waals surface area (Å²) in [6.45, 7) is 0. The highest BCUT2D eigenvalue weighted by Crippen LogP contribution is 2.44. The molecule has 0 bridgehead atoms. The smallest absolute Gasteiger partial charge is 0.179 e. The van der Waals surface area contributed by atoms with Gasteiger partial charge in [0.1, 0.15) is 0 Å². The van der Waals surface area contributed by atoms with Gasteiger partial charge < -0.3 is 27.4 Å². The number of hydrogen-bond donors (Lipinski definition) is 0. The van der Waals surface area contributed by atoms with Crippen molar-refractivity contribution in [2.24, 2.45) is 0 Å². The van der Waals surface area contributed by atoms with Crippen LogP contribution in [0.5, 0.6) is 0 Å². The summed E-state index contributed by atoms with van der Waals surface area (Å²) in [5, 5.41) is 25.8. The lowest BCUT2D eigenvalue weighted by atomic mass is 10.0. The first kappa shape index (κ1) is 82.1. The summed E-state index contributed by atoms with van der Waals surface area (Å²) in [6.07, 6.45) is 0. The largest absolute Gasteiger partial charge is 0.309 e. The molecule has 141 heavy (non-hydrogen) atoms. The third-order valence-corrected chi connectivity index (χ3v) is 34.1. The lowest BCUT2D eigenvalue weighted by Crippen LogP contribution is -2.74. The normalized spacial score (nSPS) is 11.8. The van der Waals surface area contributed by atoms with Crippen molar-refractivity contribution in [1.82, 2.24) is 27.4 Å². The molecule has 0 N–H and O–H groups in total. The standard InChI is InChI=1S/C54H38N2Si.2C40H26N2/c1-5-17-41(18-6-1)55-53-35-31-40(39-29-32-42(33-30-39)56-51-27-15-13-25-47(51)48-26-14-16-28-52(48)56)37-49(53)50-38-46(34-36-54(50)55)57(43-19-7-2-8-20-43,44-21-9-3-10-22-44)45-23-11-4-12-24-45;1-2-12-31-28(10-1)11-9-19-36(31)42-39-18-8-5-15-34(39)35-26-29(22-25-40(35)42)27-20-23-30(24-21-27)41-37-16-6-3-13-32(37)33-14-4-7-17-38(33)41;1-2-10-29-25-32(23-19-27(29)9-1)42-39-16-8-5-13-35(39)36-26-30(20-24-40(36)42)28-17-21-31(22-18-28)41-37-14-6-3-11-33(37)34-12-4-7-15-38(34)41/h1-38H;2*1-26H. The summed E-state index contributed by atoms with van der Waals surface area (Å²) >= 11 is 0. The summed E-state index contributed by atoms with van der Waals surface area (Å²) in [5.41, 5.74) is 29.0. The van der Waals surface area contributed by atoms with E-state index in [0.29, 0.717) is 0 Å². The van der Waals surface area contributed by atoms with Crippen molar-refractivity contribution in [3.63, 3.8) is 0 Å². The van der Waals surface area contributed by atoms with Crippen molar-refractivity contribution in [1.29, 1.82) is 0 Å². The van der Waals surface area contributed by atoms with Gasteiger partial charge in [0, 0.05) is 98.5 Å². The average Bonchev–Trinajstić information content (AvgIpc) is 1.65. The molecule has 660 valence electrons. The van der Waals surface area contributed by atoms with Gasteiger partial charge in [-0.25, -0.2) is 0 Å². The van der Waals surface area contributed by atoms with Crippen molar-refractivity contribution in [2.45, 2.75) is 0 Å². The molecule has 29 aromatic rings. The minimum atomic E-state index is -2.74. The van der Waals surface area contributed by atoms with Gasteiger partial charge in [0.25, 0.3) is 0 Å². The van der Waals surface area contributed by atoms with E-state index in [2.05, 4.69) is 573 Å². The van der Waals surface area contributed by atoms with Crippen LogP contribution < -0.4 is 20.7 Å². The van der Waals surface area contributed by atoms with Gasteiger partial charge in [0.15, 0.2) is 8.07 Å². The predicted octanol–water partition coefficient (Wildman–Crippen LogP) is 32.3. The number of aromatic nitrogens is 6. The molecule has 0 aliphatic carbocycles. The van der Waals surface area contributed by atoms with Crippen molar-refractivity contribution in [3.8, 4) is 67.5 Å². The van der Waals surface area contributed by atoms with Gasteiger partial charge in [-0.05, 0) is 228 Å². The van der Waals surface area contributed by atoms with E-state index in [1.54, 1.807) is 0 Å². The Hall–Kier alpha value is -18.4. The first-order valence-electron chi connectivity index (χ1n) is 48.6. The molecule has 0 aliphatic rings. The number of hydrogen-bond acceptors (Lipinski definition) is 0. The molecule has 0 fully saturated rings. The molecule has 29 rings (SSSR count). The van der Waals surface area contributed by atoms with Crippen LogP contribution in [-0.4, -0.2) is 35.5 Å². The lowest BCUT2D eigenvalue weighted by Gasteiger charge is -2.34. The van der Waals surface area contributed by atoms with E-state index in [0.717, 1.165) is 11.4 Å². The number of para-hydroxylation sites is 9. The van der Waals surface area contributed by atoms with Crippen LogP contribution in [-0.2, 0) is 0 Å². The number of benzene rings is 23. The molecule has 0 saturated carbocycles. The topological polar surface area (TPSA) is 29.6 Å². The minimum absolute atomic E-state index is 1.16. The predicted molar refractivity (Wildman–Crippen MR) is 600 cm³/mol. The molecule has 0 atom stereocenters. The van der Waals surface area contributed by atoms with Crippen LogP contribution in [0.1, 0.15) is 0 Å². The molecule has 0 amide bonds. The second kappa shape index (κ2) is 34.1. The first-order valence-corrected chi connectivity index (χ1v) is 50.6. The van der Waals surface area contributed by atoms with E-state index >= 15 is 0 Å². The average molecular weight is 1810 g/mol. The highest BCUT2D eigenvalue weighted by atomic mass is 28.3. The Kier molecular flexibility index (Phi) is 19.9. The maximum atomic E-state index is 2.52. The van der Waals surface area contributed by atoms with E-state index in [1.165, 1.54) is 229 Å². The van der Waals surface area contributed by atoms with Crippen LogP contribution in [0.25, 0.3) is 220 Å². The zero-order valence-electron chi connectivity index (χ0n) is 77.1. The van der Waals surface area contributed by atoms with Gasteiger partial charge in [0.2, 0.25) is 0 Å². The van der Waals surface area contributed by atoms with Crippen molar-refractivity contribution < 1.29 is 0 Å². The van der Waals surface area contributed by atoms with Crippen LogP contribution >= 0.6 is 0 Å². The number of fused-ring (bicyclic) bond motifs is 20. The summed E-state index contributed by atoms with van der Waals surface area (Å²) < 4.78 is 14.4. The molecule has 6 nitrogen and oxygen atoms in total. The van der Waals surface area contributed by atoms with E-state index in [-0.39, 0.29) is 0 Å². The number of rotatable bonds is 13. The molecule has 0 saturated heterocycles. The van der Waals surface area contributed by atoms with E-state index in [9.17, 15) is 0 Å². The molecular formula is C134H90N6Si. The maximum Gasteiger partial charge on any atom is 0.179 e. The molecule has 23 aromatic carbocycles. The fraction of sp³-hybridized carbons (Fsp3) is 0. The van der Waals surface area contributed by atoms with Crippen molar-refractivity contribution >= 4 is 181 Å². The summed E-state index contributed by atoms with van der Waals surface area (Å²) in [6, 6.07) is 200. The fourth-order valence-corrected chi connectivity index (χ4v) is 27.7. The Morgan fingerprint density at radius 1 is 0.113 bits per heavy atom. The molecule has 0 unspecified atom stereocenters. The summed E-state index contributed by atoms with van der Waals surface area (Å²) in [5.74, 6) is 0. The molecule has 6 heterocycles. The van der Waals surface area contributed by atoms with Gasteiger partial charge in [-0.1, -0.05) is 388 Å². The van der Waals surface area contributed by atoms with Crippen LogP contribution in [0.2, 0.25) is 0 Å². The zero-order valence-corrected chi connectivity index (χ0v) is 78.1. The van der Waals surface area contributed by atoms with Gasteiger partial charge >= 0.3 is 0 Å². The van der Waals surface area contributed by atoms with Crippen LogP contribution in [0.3, 0.4) is 0 Å². The Morgan fingerprint density at radius 3 is 0.730 bits per heavy atom. The Bertz CT molecular complexity index is 9650. The van der Waals surface area contributed by atoms with Crippen molar-refractivity contribution in [3.05, 3.63) is 546 Å². The third-order valence-electron chi connectivity index (χ3n) is 29.3. The molecule has 0 spiro atoms. The second-order valence-corrected chi connectivity index (χ2v) is 40.7. The highest BCUT2D eigenvalue weighted by molar-refractivity contribution is 7.20. The van der Waals surface area contributed by atoms with Gasteiger partial charge in [-0.15, -0.1) is 0 Å². The molecule has 6 aromatic heterocycles. The molecule has 7 heteroatoms. The highest BCUT2D eigenvalue weighted by Gasteiger charge is 2.42. The van der Waals surface area contributed by atoms with Gasteiger partial charge in [-0.3, -0.25) is 0 Å².